The predicted octanol–water partition coefficient (Wildman–Crippen LogP) is 3.89. The third kappa shape index (κ3) is 3.54. The van der Waals surface area contributed by atoms with Crippen LogP contribution in [-0.4, -0.2) is 52.7 Å². The summed E-state index contributed by atoms with van der Waals surface area (Å²) in [5, 5.41) is 8.42. The van der Waals surface area contributed by atoms with Crippen LogP contribution in [0.4, 0.5) is 17.3 Å². The van der Waals surface area contributed by atoms with E-state index in [0.29, 0.717) is 0 Å². The smallest absolute Gasteiger partial charge is 0.156 e. The molecule has 5 rings (SSSR count). The summed E-state index contributed by atoms with van der Waals surface area (Å²) in [6.07, 6.45) is 1.85. The summed E-state index contributed by atoms with van der Waals surface area (Å²) in [4.78, 5) is 9.21. The molecular weight excluding hydrogens is 360 g/mol. The van der Waals surface area contributed by atoms with Gasteiger partial charge in [-0.2, -0.15) is 4.52 Å². The number of aromatic nitrogens is 3. The Morgan fingerprint density at radius 1 is 0.828 bits per heavy atom. The second-order valence-electron chi connectivity index (χ2n) is 7.43. The molecule has 4 aromatic rings. The molecule has 0 unspecified atom stereocenters. The van der Waals surface area contributed by atoms with Gasteiger partial charge >= 0.3 is 0 Å². The van der Waals surface area contributed by atoms with Crippen LogP contribution in [0.15, 0.2) is 72.9 Å². The van der Waals surface area contributed by atoms with Crippen molar-refractivity contribution in [2.75, 3.05) is 43.4 Å². The lowest BCUT2D eigenvalue weighted by Crippen LogP contribution is -2.44. The highest BCUT2D eigenvalue weighted by atomic mass is 15.4. The maximum absolute atomic E-state index is 4.88. The number of piperazine rings is 1. The molecule has 1 fully saturated rings. The van der Waals surface area contributed by atoms with Gasteiger partial charge in [0, 0.05) is 37.4 Å². The minimum Gasteiger partial charge on any atom is -0.353 e. The molecule has 0 bridgehead atoms. The molecule has 2 aromatic carbocycles. The monoisotopic (exact) mass is 384 g/mol. The van der Waals surface area contributed by atoms with Crippen molar-refractivity contribution in [1.29, 1.82) is 0 Å². The van der Waals surface area contributed by atoms with Gasteiger partial charge in [0.25, 0.3) is 0 Å². The third-order valence-corrected chi connectivity index (χ3v) is 5.45. The Hall–Kier alpha value is -3.38. The lowest BCUT2D eigenvalue weighted by molar-refractivity contribution is 0.311. The molecule has 0 aliphatic carbocycles. The predicted molar refractivity (Wildman–Crippen MR) is 118 cm³/mol. The van der Waals surface area contributed by atoms with Gasteiger partial charge in [-0.3, -0.25) is 0 Å². The van der Waals surface area contributed by atoms with Crippen molar-refractivity contribution >= 4 is 23.0 Å². The molecule has 146 valence electrons. The lowest BCUT2D eigenvalue weighted by atomic mass is 10.0. The molecule has 1 aliphatic rings. The van der Waals surface area contributed by atoms with Crippen molar-refractivity contribution in [3.8, 4) is 11.1 Å². The summed E-state index contributed by atoms with van der Waals surface area (Å²) >= 11 is 0. The molecule has 3 heterocycles. The van der Waals surface area contributed by atoms with Gasteiger partial charge in [0.05, 0.1) is 6.20 Å². The zero-order valence-corrected chi connectivity index (χ0v) is 16.5. The summed E-state index contributed by atoms with van der Waals surface area (Å²) < 4.78 is 1.90. The SMILES string of the molecule is CN1CCN(c2ccc3ncc(Nc4ccccc4-c4ccccc4)n3n2)CC1. The summed E-state index contributed by atoms with van der Waals surface area (Å²) in [6, 6.07) is 22.8. The molecular formula is C23H24N6. The number of rotatable bonds is 4. The van der Waals surface area contributed by atoms with Crippen molar-refractivity contribution in [2.45, 2.75) is 0 Å². The molecule has 0 saturated carbocycles. The van der Waals surface area contributed by atoms with Crippen LogP contribution >= 0.6 is 0 Å². The first-order valence-corrected chi connectivity index (χ1v) is 9.98. The van der Waals surface area contributed by atoms with Gasteiger partial charge in [0.2, 0.25) is 0 Å². The first-order chi connectivity index (χ1) is 14.3. The van der Waals surface area contributed by atoms with Crippen LogP contribution in [0, 0.1) is 0 Å². The number of fused-ring (bicyclic) bond motifs is 1. The molecule has 1 saturated heterocycles. The number of likely N-dealkylation sites (N-methyl/N-ethyl adjacent to an activating group) is 1. The van der Waals surface area contributed by atoms with Crippen molar-refractivity contribution in [2.24, 2.45) is 0 Å². The quantitative estimate of drug-likeness (QED) is 0.578. The van der Waals surface area contributed by atoms with Gasteiger partial charge in [-0.1, -0.05) is 48.5 Å². The van der Waals surface area contributed by atoms with Gasteiger partial charge in [0.15, 0.2) is 11.5 Å². The molecule has 29 heavy (non-hydrogen) atoms. The van der Waals surface area contributed by atoms with Crippen LogP contribution < -0.4 is 10.2 Å². The summed E-state index contributed by atoms with van der Waals surface area (Å²) in [5.74, 6) is 1.85. The van der Waals surface area contributed by atoms with Crippen molar-refractivity contribution in [3.63, 3.8) is 0 Å². The van der Waals surface area contributed by atoms with Gasteiger partial charge in [-0.15, -0.1) is 5.10 Å². The highest BCUT2D eigenvalue weighted by molar-refractivity contribution is 5.80. The average molecular weight is 384 g/mol. The molecule has 1 aliphatic heterocycles. The number of anilines is 3. The summed E-state index contributed by atoms with van der Waals surface area (Å²) in [5.41, 5.74) is 4.20. The maximum atomic E-state index is 4.88. The lowest BCUT2D eigenvalue weighted by Gasteiger charge is -2.33. The Kier molecular flexibility index (Phi) is 4.62. The van der Waals surface area contributed by atoms with Gasteiger partial charge in [-0.25, -0.2) is 4.98 Å². The summed E-state index contributed by atoms with van der Waals surface area (Å²) in [6.45, 7) is 4.09. The van der Waals surface area contributed by atoms with E-state index < -0.39 is 0 Å². The van der Waals surface area contributed by atoms with E-state index in [2.05, 4.69) is 75.7 Å². The van der Waals surface area contributed by atoms with E-state index in [9.17, 15) is 0 Å². The number of nitrogens with one attached hydrogen (secondary N) is 1. The Bertz CT molecular complexity index is 1110. The normalized spacial score (nSPS) is 15.0. The summed E-state index contributed by atoms with van der Waals surface area (Å²) in [7, 11) is 2.16. The third-order valence-electron chi connectivity index (χ3n) is 5.45. The first kappa shape index (κ1) is 17.7. The zero-order valence-electron chi connectivity index (χ0n) is 16.5. The molecule has 6 nitrogen and oxygen atoms in total. The van der Waals surface area contributed by atoms with E-state index in [1.54, 1.807) is 0 Å². The molecule has 1 N–H and O–H groups in total. The first-order valence-electron chi connectivity index (χ1n) is 9.98. The number of hydrogen-bond donors (Lipinski definition) is 1. The van der Waals surface area contributed by atoms with Crippen LogP contribution in [-0.2, 0) is 0 Å². The molecule has 0 radical (unpaired) electrons. The van der Waals surface area contributed by atoms with Crippen LogP contribution in [0.3, 0.4) is 0 Å². The van der Waals surface area contributed by atoms with E-state index in [0.717, 1.165) is 54.7 Å². The topological polar surface area (TPSA) is 48.7 Å². The van der Waals surface area contributed by atoms with Crippen LogP contribution in [0.25, 0.3) is 16.8 Å². The van der Waals surface area contributed by atoms with E-state index in [1.807, 2.05) is 28.9 Å². The Balaban J connectivity index is 1.48. The molecule has 0 amide bonds. The number of para-hydroxylation sites is 1. The van der Waals surface area contributed by atoms with E-state index in [-0.39, 0.29) is 0 Å². The highest BCUT2D eigenvalue weighted by Crippen LogP contribution is 2.30. The molecule has 6 heteroatoms. The van der Waals surface area contributed by atoms with Gasteiger partial charge in [0.1, 0.15) is 5.82 Å². The number of benzene rings is 2. The van der Waals surface area contributed by atoms with Gasteiger partial charge < -0.3 is 15.1 Å². The Morgan fingerprint density at radius 2 is 1.59 bits per heavy atom. The fourth-order valence-electron chi connectivity index (χ4n) is 3.75. The van der Waals surface area contributed by atoms with Crippen molar-refractivity contribution in [1.82, 2.24) is 19.5 Å². The Labute approximate surface area is 170 Å². The fourth-order valence-corrected chi connectivity index (χ4v) is 3.75. The average Bonchev–Trinajstić information content (AvgIpc) is 3.17. The van der Waals surface area contributed by atoms with E-state index in [4.69, 9.17) is 5.10 Å². The van der Waals surface area contributed by atoms with E-state index in [1.165, 1.54) is 5.56 Å². The second-order valence-corrected chi connectivity index (χ2v) is 7.43. The molecule has 0 atom stereocenters. The highest BCUT2D eigenvalue weighted by Gasteiger charge is 2.17. The fraction of sp³-hybridized carbons (Fsp3) is 0.217. The molecule has 0 spiro atoms. The minimum absolute atomic E-state index is 0.836. The van der Waals surface area contributed by atoms with Crippen LogP contribution in [0.5, 0.6) is 0 Å². The van der Waals surface area contributed by atoms with Crippen LogP contribution in [0.1, 0.15) is 0 Å². The number of hydrogen-bond acceptors (Lipinski definition) is 5. The Morgan fingerprint density at radius 3 is 2.41 bits per heavy atom. The minimum atomic E-state index is 0.836. The van der Waals surface area contributed by atoms with Crippen LogP contribution in [0.2, 0.25) is 0 Å². The van der Waals surface area contributed by atoms with Crippen molar-refractivity contribution in [3.05, 3.63) is 72.9 Å². The standard InChI is InChI=1S/C23H24N6/c1-27-13-15-28(16-14-27)22-12-11-21-24-17-23(29(21)26-22)25-20-10-6-5-9-19(20)18-7-3-2-4-8-18/h2-12,17,25H,13-16H2,1H3. The van der Waals surface area contributed by atoms with Gasteiger partial charge in [-0.05, 0) is 30.8 Å². The van der Waals surface area contributed by atoms with E-state index >= 15 is 0 Å². The zero-order chi connectivity index (χ0) is 19.6. The largest absolute Gasteiger partial charge is 0.353 e. The maximum Gasteiger partial charge on any atom is 0.156 e. The number of imidazole rings is 1. The second kappa shape index (κ2) is 7.56. The van der Waals surface area contributed by atoms with Crippen molar-refractivity contribution < 1.29 is 0 Å². The molecule has 2 aromatic heterocycles. The number of nitrogens with zero attached hydrogens (tertiary/aromatic N) is 5.